The molecule has 1 aliphatic carbocycles. The number of nitrogens with zero attached hydrogens (tertiary/aromatic N) is 3. The topological polar surface area (TPSA) is 78.5 Å². The van der Waals surface area contributed by atoms with Crippen molar-refractivity contribution in [3.05, 3.63) is 6.33 Å². The molecule has 1 aliphatic rings. The van der Waals surface area contributed by atoms with Gasteiger partial charge < -0.3 is 15.6 Å². The predicted molar refractivity (Wildman–Crippen MR) is 84.4 cm³/mol. The van der Waals surface area contributed by atoms with Gasteiger partial charge in [-0.25, -0.2) is 4.98 Å². The molecule has 0 radical (unpaired) electrons. The third-order valence-electron chi connectivity index (χ3n) is 3.66. The number of thioether (sulfide) groups is 1. The Hall–Kier alpha value is -1.50. The van der Waals surface area contributed by atoms with E-state index in [2.05, 4.69) is 37.5 Å². The van der Waals surface area contributed by atoms with Crippen molar-refractivity contribution in [1.29, 1.82) is 0 Å². The predicted octanol–water partition coefficient (Wildman–Crippen LogP) is 2.48. The Labute approximate surface area is 122 Å². The van der Waals surface area contributed by atoms with Gasteiger partial charge in [-0.15, -0.1) is 0 Å². The molecule has 0 bridgehead atoms. The van der Waals surface area contributed by atoms with Crippen LogP contribution in [0.25, 0.3) is 11.2 Å². The van der Waals surface area contributed by atoms with Crippen molar-refractivity contribution >= 4 is 34.7 Å². The number of rotatable bonds is 5. The highest BCUT2D eigenvalue weighted by atomic mass is 32.2. The van der Waals surface area contributed by atoms with E-state index < -0.39 is 0 Å². The molecule has 0 spiro atoms. The molecule has 1 saturated carbocycles. The highest BCUT2D eigenvalue weighted by molar-refractivity contribution is 7.99. The Morgan fingerprint density at radius 3 is 3.10 bits per heavy atom. The monoisotopic (exact) mass is 292 g/mol. The third kappa shape index (κ3) is 2.54. The van der Waals surface area contributed by atoms with Crippen LogP contribution in [0.5, 0.6) is 0 Å². The van der Waals surface area contributed by atoms with Crippen LogP contribution in [-0.2, 0) is 0 Å². The number of anilines is 2. The number of nitrogens with one attached hydrogen (secondary N) is 3. The van der Waals surface area contributed by atoms with Crippen molar-refractivity contribution < 1.29 is 0 Å². The molecule has 3 N–H and O–H groups in total. The Morgan fingerprint density at radius 2 is 2.30 bits per heavy atom. The van der Waals surface area contributed by atoms with Crippen LogP contribution in [0.2, 0.25) is 0 Å². The van der Waals surface area contributed by atoms with E-state index in [-0.39, 0.29) is 0 Å². The van der Waals surface area contributed by atoms with Crippen LogP contribution in [0.3, 0.4) is 0 Å². The molecule has 2 heterocycles. The summed E-state index contributed by atoms with van der Waals surface area (Å²) < 4.78 is 0. The molecule has 0 amide bonds. The average molecular weight is 292 g/mol. The molecule has 2 atom stereocenters. The summed E-state index contributed by atoms with van der Waals surface area (Å²) in [6, 6.07) is 0.478. The molecule has 0 saturated heterocycles. The Morgan fingerprint density at radius 1 is 1.40 bits per heavy atom. The molecule has 2 aromatic rings. The van der Waals surface area contributed by atoms with Gasteiger partial charge in [-0.1, -0.05) is 13.3 Å². The van der Waals surface area contributed by atoms with Crippen LogP contribution < -0.4 is 10.6 Å². The number of H-pyrrole nitrogens is 1. The smallest absolute Gasteiger partial charge is 0.226 e. The molecule has 7 heteroatoms. The lowest BCUT2D eigenvalue weighted by molar-refractivity contribution is 0.763. The fourth-order valence-electron chi connectivity index (χ4n) is 2.73. The number of aromatic amines is 1. The fourth-order valence-corrected chi connectivity index (χ4v) is 3.93. The van der Waals surface area contributed by atoms with Crippen LogP contribution in [0, 0.1) is 0 Å². The zero-order valence-corrected chi connectivity index (χ0v) is 12.6. The molecule has 6 nitrogen and oxygen atoms in total. The summed E-state index contributed by atoms with van der Waals surface area (Å²) in [7, 11) is 1.82. The van der Waals surface area contributed by atoms with Gasteiger partial charge in [0.2, 0.25) is 5.95 Å². The molecular formula is C13H20N6S. The molecule has 2 aromatic heterocycles. The zero-order valence-electron chi connectivity index (χ0n) is 11.8. The van der Waals surface area contributed by atoms with E-state index in [0.717, 1.165) is 17.1 Å². The minimum Gasteiger partial charge on any atom is -0.364 e. The van der Waals surface area contributed by atoms with Crippen LogP contribution in [0.1, 0.15) is 26.2 Å². The lowest BCUT2D eigenvalue weighted by Crippen LogP contribution is -2.27. The van der Waals surface area contributed by atoms with Crippen LogP contribution in [0.4, 0.5) is 11.8 Å². The lowest BCUT2D eigenvalue weighted by Gasteiger charge is -2.21. The SMILES string of the molecule is CCSC1CCCC1Nc1nc(NC)nc2nc[nH]c12. The normalized spacial score (nSPS) is 22.3. The number of fused-ring (bicyclic) bond motifs is 1. The average Bonchev–Trinajstić information content (AvgIpc) is 3.08. The van der Waals surface area contributed by atoms with Gasteiger partial charge in [0.05, 0.1) is 6.33 Å². The van der Waals surface area contributed by atoms with E-state index in [1.165, 1.54) is 19.3 Å². The molecule has 20 heavy (non-hydrogen) atoms. The highest BCUT2D eigenvalue weighted by Gasteiger charge is 2.28. The summed E-state index contributed by atoms with van der Waals surface area (Å²) in [4.78, 5) is 16.2. The minimum atomic E-state index is 0.478. The first-order valence-electron chi connectivity index (χ1n) is 7.08. The molecule has 3 rings (SSSR count). The van der Waals surface area contributed by atoms with Gasteiger partial charge in [0.1, 0.15) is 5.52 Å². The number of hydrogen-bond acceptors (Lipinski definition) is 6. The first-order valence-corrected chi connectivity index (χ1v) is 8.13. The van der Waals surface area contributed by atoms with Gasteiger partial charge >= 0.3 is 0 Å². The second-order valence-corrected chi connectivity index (χ2v) is 6.44. The first kappa shape index (κ1) is 13.5. The summed E-state index contributed by atoms with van der Waals surface area (Å²) >= 11 is 2.04. The van der Waals surface area contributed by atoms with Crippen molar-refractivity contribution in [2.45, 2.75) is 37.5 Å². The quantitative estimate of drug-likeness (QED) is 0.786. The summed E-state index contributed by atoms with van der Waals surface area (Å²) in [5, 5.41) is 7.26. The van der Waals surface area contributed by atoms with E-state index >= 15 is 0 Å². The Balaban J connectivity index is 1.87. The standard InChI is InChI=1S/C13H20N6S/c1-3-20-9-6-4-5-8(9)17-12-10-11(16-7-15-10)18-13(14-2)19-12/h7-9H,3-6H2,1-2H3,(H3,14,15,16,17,18,19). The maximum atomic E-state index is 4.54. The van der Waals surface area contributed by atoms with Gasteiger partial charge in [-0.2, -0.15) is 21.7 Å². The van der Waals surface area contributed by atoms with Crippen LogP contribution >= 0.6 is 11.8 Å². The third-order valence-corrected chi connectivity index (χ3v) is 4.99. The summed E-state index contributed by atoms with van der Waals surface area (Å²) in [5.41, 5.74) is 1.58. The second kappa shape index (κ2) is 5.87. The van der Waals surface area contributed by atoms with Crippen molar-refractivity contribution in [3.63, 3.8) is 0 Å². The maximum Gasteiger partial charge on any atom is 0.226 e. The summed E-state index contributed by atoms with van der Waals surface area (Å²) in [6.07, 6.45) is 5.43. The van der Waals surface area contributed by atoms with E-state index in [9.17, 15) is 0 Å². The van der Waals surface area contributed by atoms with Gasteiger partial charge in [0.25, 0.3) is 0 Å². The van der Waals surface area contributed by atoms with E-state index in [0.29, 0.717) is 22.9 Å². The fraction of sp³-hybridized carbons (Fsp3) is 0.615. The second-order valence-electron chi connectivity index (χ2n) is 4.92. The van der Waals surface area contributed by atoms with Gasteiger partial charge in [-0.05, 0) is 18.6 Å². The van der Waals surface area contributed by atoms with Gasteiger partial charge in [0, 0.05) is 18.3 Å². The van der Waals surface area contributed by atoms with Crippen molar-refractivity contribution in [2.75, 3.05) is 23.4 Å². The largest absolute Gasteiger partial charge is 0.364 e. The molecule has 0 aromatic carbocycles. The molecule has 1 fully saturated rings. The van der Waals surface area contributed by atoms with Crippen molar-refractivity contribution in [3.8, 4) is 0 Å². The first-order chi connectivity index (χ1) is 9.81. The zero-order chi connectivity index (χ0) is 13.9. The number of aromatic nitrogens is 4. The molecule has 108 valence electrons. The van der Waals surface area contributed by atoms with E-state index in [1.54, 1.807) is 6.33 Å². The van der Waals surface area contributed by atoms with Gasteiger partial charge in [0.15, 0.2) is 11.5 Å². The molecule has 2 unspecified atom stereocenters. The lowest BCUT2D eigenvalue weighted by atomic mass is 10.2. The Kier molecular flexibility index (Phi) is 3.95. The van der Waals surface area contributed by atoms with E-state index in [4.69, 9.17) is 0 Å². The highest BCUT2D eigenvalue weighted by Crippen LogP contribution is 2.32. The van der Waals surface area contributed by atoms with E-state index in [1.807, 2.05) is 18.8 Å². The molecule has 0 aliphatic heterocycles. The summed E-state index contributed by atoms with van der Waals surface area (Å²) in [5.74, 6) is 2.61. The van der Waals surface area contributed by atoms with Crippen LogP contribution in [-0.4, -0.2) is 44.0 Å². The maximum absolute atomic E-state index is 4.54. The van der Waals surface area contributed by atoms with Crippen molar-refractivity contribution in [1.82, 2.24) is 19.9 Å². The molecular weight excluding hydrogens is 272 g/mol. The number of hydrogen-bond donors (Lipinski definition) is 3. The van der Waals surface area contributed by atoms with Gasteiger partial charge in [-0.3, -0.25) is 0 Å². The number of imidazole rings is 1. The minimum absolute atomic E-state index is 0.478. The van der Waals surface area contributed by atoms with Crippen LogP contribution in [0.15, 0.2) is 6.33 Å². The Bertz CT molecular complexity index is 583. The van der Waals surface area contributed by atoms with Crippen molar-refractivity contribution in [2.24, 2.45) is 0 Å². The summed E-state index contributed by atoms with van der Waals surface area (Å²) in [6.45, 7) is 2.22.